The first-order valence-corrected chi connectivity index (χ1v) is 10.9. The van der Waals surface area contributed by atoms with E-state index in [2.05, 4.69) is 48.3 Å². The molecule has 0 radical (unpaired) electrons. The van der Waals surface area contributed by atoms with Crippen molar-refractivity contribution in [2.45, 2.75) is 69.7 Å². The van der Waals surface area contributed by atoms with Crippen LogP contribution in [0, 0.1) is 0 Å². The molecule has 3 nitrogen and oxygen atoms in total. The second kappa shape index (κ2) is 13.5. The number of unbranched alkanes of at least 4 members (excludes halogenated alkanes) is 3. The third kappa shape index (κ3) is 8.79. The summed E-state index contributed by atoms with van der Waals surface area (Å²) in [5.74, 6) is 1.34. The zero-order valence-corrected chi connectivity index (χ0v) is 18.0. The largest absolute Gasteiger partial charge is 0.348 e. The first-order chi connectivity index (χ1) is 12.2. The van der Waals surface area contributed by atoms with E-state index in [0.29, 0.717) is 6.54 Å². The Bertz CT molecular complexity index is 503. The zero-order valence-electron chi connectivity index (χ0n) is 16.3. The molecule has 1 atom stereocenters. The molecule has 0 bridgehead atoms. The highest BCUT2D eigenvalue weighted by Gasteiger charge is 2.15. The lowest BCUT2D eigenvalue weighted by atomic mass is 10.1. The van der Waals surface area contributed by atoms with E-state index in [1.54, 1.807) is 0 Å². The summed E-state index contributed by atoms with van der Waals surface area (Å²) in [5, 5.41) is 3.14. The number of halogens is 1. The van der Waals surface area contributed by atoms with Crippen LogP contribution in [0.25, 0.3) is 0 Å². The molecule has 0 aromatic heterocycles. The molecule has 1 aliphatic rings. The molecule has 1 heterocycles. The minimum absolute atomic E-state index is 0. The van der Waals surface area contributed by atoms with Crippen molar-refractivity contribution in [2.75, 3.05) is 25.4 Å². The van der Waals surface area contributed by atoms with Crippen molar-refractivity contribution >= 4 is 30.1 Å². The van der Waals surface area contributed by atoms with E-state index in [-0.39, 0.29) is 24.4 Å². The third-order valence-electron chi connectivity index (χ3n) is 4.84. The highest BCUT2D eigenvalue weighted by molar-refractivity contribution is 7.99. The number of benzene rings is 1. The molecule has 1 amide bonds. The van der Waals surface area contributed by atoms with Crippen LogP contribution in [0.1, 0.15) is 70.4 Å². The quantitative estimate of drug-likeness (QED) is 0.420. The zero-order chi connectivity index (χ0) is 17.9. The van der Waals surface area contributed by atoms with Gasteiger partial charge in [0.1, 0.15) is 0 Å². The lowest BCUT2D eigenvalue weighted by Gasteiger charge is -2.26. The molecule has 148 valence electrons. The maximum atomic E-state index is 12.2. The smallest absolute Gasteiger partial charge is 0.234 e. The number of likely N-dealkylation sites (tertiary alicyclic amines) is 1. The van der Waals surface area contributed by atoms with E-state index in [1.807, 2.05) is 11.8 Å². The maximum absolute atomic E-state index is 12.2. The third-order valence-corrected chi connectivity index (χ3v) is 5.94. The second-order valence-electron chi connectivity index (χ2n) is 7.10. The van der Waals surface area contributed by atoms with E-state index in [1.165, 1.54) is 61.2 Å². The maximum Gasteiger partial charge on any atom is 0.234 e. The Morgan fingerprint density at radius 2 is 1.81 bits per heavy atom. The molecule has 0 aliphatic carbocycles. The summed E-state index contributed by atoms with van der Waals surface area (Å²) in [6.07, 6.45) is 9.01. The van der Waals surface area contributed by atoms with Gasteiger partial charge in [-0.1, -0.05) is 44.7 Å². The van der Waals surface area contributed by atoms with Crippen LogP contribution >= 0.6 is 24.2 Å². The molecule has 1 fully saturated rings. The normalized spacial score (nSPS) is 15.9. The summed E-state index contributed by atoms with van der Waals surface area (Å²) < 4.78 is 0. The number of piperidine rings is 1. The van der Waals surface area contributed by atoms with E-state index in [9.17, 15) is 4.79 Å². The summed E-state index contributed by atoms with van der Waals surface area (Å²) in [7, 11) is 0. The molecule has 1 aliphatic heterocycles. The van der Waals surface area contributed by atoms with Gasteiger partial charge < -0.3 is 5.32 Å². The number of thioether (sulfide) groups is 1. The van der Waals surface area contributed by atoms with Crippen LogP contribution < -0.4 is 5.32 Å². The summed E-state index contributed by atoms with van der Waals surface area (Å²) >= 11 is 1.93. The van der Waals surface area contributed by atoms with Gasteiger partial charge in [0.15, 0.2) is 0 Å². The molecule has 5 heteroatoms. The number of hydrogen-bond acceptors (Lipinski definition) is 3. The Labute approximate surface area is 170 Å². The molecule has 26 heavy (non-hydrogen) atoms. The SMILES string of the molecule is CCCCCCSc1ccc(C(C)NC(=O)CN2CCCCC2)cc1.Cl. The van der Waals surface area contributed by atoms with Gasteiger partial charge in [0, 0.05) is 4.90 Å². The number of nitrogens with zero attached hydrogens (tertiary/aromatic N) is 1. The standard InChI is InChI=1S/C21H34N2OS.ClH/c1-3-4-5-9-16-25-20-12-10-19(11-13-20)18(2)22-21(24)17-23-14-7-6-8-15-23;/h10-13,18H,3-9,14-17H2,1-2H3,(H,22,24);1H. The van der Waals surface area contributed by atoms with Crippen molar-refractivity contribution in [2.24, 2.45) is 0 Å². The summed E-state index contributed by atoms with van der Waals surface area (Å²) in [5.41, 5.74) is 1.18. The van der Waals surface area contributed by atoms with Gasteiger partial charge >= 0.3 is 0 Å². The van der Waals surface area contributed by atoms with Gasteiger partial charge in [-0.15, -0.1) is 24.2 Å². The fourth-order valence-corrected chi connectivity index (χ4v) is 4.18. The first kappa shape index (κ1) is 23.3. The monoisotopic (exact) mass is 398 g/mol. The van der Waals surface area contributed by atoms with E-state index in [0.717, 1.165) is 13.1 Å². The molecule has 2 rings (SSSR count). The molecule has 1 saturated heterocycles. The Kier molecular flexibility index (Phi) is 12.1. The van der Waals surface area contributed by atoms with Crippen LogP contribution in [0.15, 0.2) is 29.2 Å². The van der Waals surface area contributed by atoms with Gasteiger partial charge in [0.25, 0.3) is 0 Å². The molecule has 1 aromatic carbocycles. The number of nitrogens with one attached hydrogen (secondary N) is 1. The molecule has 1 N–H and O–H groups in total. The highest BCUT2D eigenvalue weighted by atomic mass is 35.5. The van der Waals surface area contributed by atoms with E-state index < -0.39 is 0 Å². The first-order valence-electron chi connectivity index (χ1n) is 9.93. The topological polar surface area (TPSA) is 32.3 Å². The van der Waals surface area contributed by atoms with Crippen molar-refractivity contribution < 1.29 is 4.79 Å². The van der Waals surface area contributed by atoms with Gasteiger partial charge in [0.2, 0.25) is 5.91 Å². The average molecular weight is 399 g/mol. The molecule has 0 spiro atoms. The summed E-state index contributed by atoms with van der Waals surface area (Å²) in [6, 6.07) is 8.75. The van der Waals surface area contributed by atoms with Crippen molar-refractivity contribution in [3.05, 3.63) is 29.8 Å². The number of rotatable bonds is 10. The molecule has 0 saturated carbocycles. The van der Waals surface area contributed by atoms with E-state index in [4.69, 9.17) is 0 Å². The fourth-order valence-electron chi connectivity index (χ4n) is 3.26. The molecule has 1 aromatic rings. The number of carbonyl (C=O) groups is 1. The summed E-state index contributed by atoms with van der Waals surface area (Å²) in [4.78, 5) is 15.8. The van der Waals surface area contributed by atoms with Crippen molar-refractivity contribution in [3.8, 4) is 0 Å². The van der Waals surface area contributed by atoms with Crippen molar-refractivity contribution in [1.29, 1.82) is 0 Å². The second-order valence-corrected chi connectivity index (χ2v) is 8.27. The predicted octanol–water partition coefficient (Wildman–Crippen LogP) is 5.44. The average Bonchev–Trinajstić information content (AvgIpc) is 2.63. The Hall–Kier alpha value is -0.710. The van der Waals surface area contributed by atoms with Crippen LogP contribution in [0.5, 0.6) is 0 Å². The Morgan fingerprint density at radius 3 is 2.46 bits per heavy atom. The van der Waals surface area contributed by atoms with Crippen molar-refractivity contribution in [3.63, 3.8) is 0 Å². The molecule has 1 unspecified atom stereocenters. The minimum atomic E-state index is 0. The number of carbonyl (C=O) groups excluding carboxylic acids is 1. The minimum Gasteiger partial charge on any atom is -0.348 e. The Morgan fingerprint density at radius 1 is 1.12 bits per heavy atom. The lowest BCUT2D eigenvalue weighted by molar-refractivity contribution is -0.123. The van der Waals surface area contributed by atoms with Gasteiger partial charge in [-0.25, -0.2) is 0 Å². The van der Waals surface area contributed by atoms with Crippen LogP contribution in [-0.2, 0) is 4.79 Å². The van der Waals surface area contributed by atoms with Crippen LogP contribution in [0.2, 0.25) is 0 Å². The fraction of sp³-hybridized carbons (Fsp3) is 0.667. The highest BCUT2D eigenvalue weighted by Crippen LogP contribution is 2.22. The van der Waals surface area contributed by atoms with Crippen LogP contribution in [-0.4, -0.2) is 36.2 Å². The van der Waals surface area contributed by atoms with Gasteiger partial charge in [0.05, 0.1) is 12.6 Å². The van der Waals surface area contributed by atoms with Crippen LogP contribution in [0.3, 0.4) is 0 Å². The predicted molar refractivity (Wildman–Crippen MR) is 115 cm³/mol. The van der Waals surface area contributed by atoms with Crippen molar-refractivity contribution in [1.82, 2.24) is 10.2 Å². The van der Waals surface area contributed by atoms with Crippen LogP contribution in [0.4, 0.5) is 0 Å². The number of hydrogen-bond donors (Lipinski definition) is 1. The summed E-state index contributed by atoms with van der Waals surface area (Å²) in [6.45, 7) is 6.98. The molecular formula is C21H35ClN2OS. The lowest BCUT2D eigenvalue weighted by Crippen LogP contribution is -2.40. The van der Waals surface area contributed by atoms with Gasteiger partial charge in [-0.2, -0.15) is 0 Å². The Balaban J connectivity index is 0.00000338. The van der Waals surface area contributed by atoms with Gasteiger partial charge in [-0.3, -0.25) is 9.69 Å². The molecular weight excluding hydrogens is 364 g/mol. The van der Waals surface area contributed by atoms with Gasteiger partial charge in [-0.05, 0) is 62.7 Å². The number of amides is 1. The van der Waals surface area contributed by atoms with E-state index >= 15 is 0 Å².